The summed E-state index contributed by atoms with van der Waals surface area (Å²) in [6, 6.07) is 9.12. The van der Waals surface area contributed by atoms with Crippen LogP contribution in [0.4, 0.5) is 0 Å². The van der Waals surface area contributed by atoms with E-state index in [4.69, 9.17) is 18.9 Å². The molecule has 1 atom stereocenters. The molecule has 0 fully saturated rings. The monoisotopic (exact) mass is 274 g/mol. The predicted molar refractivity (Wildman–Crippen MR) is 72.0 cm³/mol. The number of benzene rings is 2. The Hall–Kier alpha value is -2.27. The maximum Gasteiger partial charge on any atom is 0.370 e. The third-order valence-corrected chi connectivity index (χ3v) is 3.31. The Kier molecular flexibility index (Phi) is 2.79. The van der Waals surface area contributed by atoms with Gasteiger partial charge in [0.05, 0.1) is 7.11 Å². The predicted octanol–water partition coefficient (Wildman–Crippen LogP) is 2.72. The van der Waals surface area contributed by atoms with Crippen LogP contribution in [0.1, 0.15) is 17.3 Å². The number of rotatable bonds is 2. The summed E-state index contributed by atoms with van der Waals surface area (Å²) in [5, 5.41) is 1.82. The van der Waals surface area contributed by atoms with Crippen LogP contribution in [0, 0.1) is 0 Å². The summed E-state index contributed by atoms with van der Waals surface area (Å²) >= 11 is 0. The molecule has 0 spiro atoms. The first-order chi connectivity index (χ1) is 9.54. The molecule has 5 nitrogen and oxygen atoms in total. The topological polar surface area (TPSA) is 54.0 Å². The van der Waals surface area contributed by atoms with Crippen molar-refractivity contribution < 1.29 is 23.7 Å². The molecule has 5 heteroatoms. The Morgan fingerprint density at radius 2 is 1.85 bits per heavy atom. The van der Waals surface area contributed by atoms with E-state index >= 15 is 0 Å². The summed E-state index contributed by atoms with van der Waals surface area (Å²) in [4.78, 5) is 12.0. The molecule has 3 rings (SSSR count). The fourth-order valence-corrected chi connectivity index (χ4v) is 2.15. The van der Waals surface area contributed by atoms with Gasteiger partial charge < -0.3 is 18.9 Å². The lowest BCUT2D eigenvalue weighted by Gasteiger charge is -2.32. The van der Waals surface area contributed by atoms with Gasteiger partial charge in [-0.15, -0.1) is 0 Å². The van der Waals surface area contributed by atoms with Crippen molar-refractivity contribution in [1.82, 2.24) is 0 Å². The van der Waals surface area contributed by atoms with Gasteiger partial charge in [0.2, 0.25) is 0 Å². The van der Waals surface area contributed by atoms with Gasteiger partial charge in [-0.05, 0) is 35.0 Å². The quantitative estimate of drug-likeness (QED) is 0.788. The molecule has 0 amide bonds. The highest BCUT2D eigenvalue weighted by Crippen LogP contribution is 2.35. The molecular weight excluding hydrogens is 260 g/mol. The molecule has 1 aliphatic heterocycles. The van der Waals surface area contributed by atoms with Crippen LogP contribution in [0.15, 0.2) is 30.3 Å². The molecular formula is C15H14O5. The van der Waals surface area contributed by atoms with E-state index in [1.807, 2.05) is 18.2 Å². The van der Waals surface area contributed by atoms with Gasteiger partial charge in [-0.3, -0.25) is 0 Å². The maximum absolute atomic E-state index is 12.0. The first-order valence-electron chi connectivity index (χ1n) is 6.14. The van der Waals surface area contributed by atoms with Gasteiger partial charge in [0.1, 0.15) is 17.1 Å². The number of carbonyl (C=O) groups is 1. The van der Waals surface area contributed by atoms with Crippen LogP contribution in [-0.4, -0.2) is 26.2 Å². The van der Waals surface area contributed by atoms with Gasteiger partial charge >= 0.3 is 11.9 Å². The van der Waals surface area contributed by atoms with Gasteiger partial charge in [-0.25, -0.2) is 4.79 Å². The van der Waals surface area contributed by atoms with Crippen LogP contribution < -0.4 is 9.47 Å². The molecule has 1 aliphatic rings. The number of methoxy groups -OCH3 is 2. The summed E-state index contributed by atoms with van der Waals surface area (Å²) in [6.45, 7) is 1.55. The Morgan fingerprint density at radius 3 is 2.55 bits per heavy atom. The van der Waals surface area contributed by atoms with Crippen LogP contribution >= 0.6 is 0 Å². The summed E-state index contributed by atoms with van der Waals surface area (Å²) in [7, 11) is 3.03. The summed E-state index contributed by atoms with van der Waals surface area (Å²) in [5.41, 5.74) is 0.386. The lowest BCUT2D eigenvalue weighted by molar-refractivity contribution is -0.296. The summed E-state index contributed by atoms with van der Waals surface area (Å²) in [6.07, 6.45) is 0. The highest BCUT2D eigenvalue weighted by atomic mass is 16.9. The van der Waals surface area contributed by atoms with E-state index < -0.39 is 11.9 Å². The number of esters is 1. The zero-order valence-electron chi connectivity index (χ0n) is 11.4. The van der Waals surface area contributed by atoms with Gasteiger partial charge in [0, 0.05) is 14.0 Å². The molecule has 0 radical (unpaired) electrons. The van der Waals surface area contributed by atoms with E-state index in [-0.39, 0.29) is 0 Å². The largest absolute Gasteiger partial charge is 0.497 e. The molecule has 0 saturated heterocycles. The van der Waals surface area contributed by atoms with E-state index in [0.29, 0.717) is 11.3 Å². The van der Waals surface area contributed by atoms with Crippen LogP contribution in [0.25, 0.3) is 10.8 Å². The van der Waals surface area contributed by atoms with Crippen LogP contribution in [-0.2, 0) is 9.47 Å². The zero-order chi connectivity index (χ0) is 14.3. The molecule has 0 aromatic heterocycles. The summed E-state index contributed by atoms with van der Waals surface area (Å²) in [5.74, 6) is -0.679. The fourth-order valence-electron chi connectivity index (χ4n) is 2.15. The van der Waals surface area contributed by atoms with Crippen LogP contribution in [0.3, 0.4) is 0 Å². The lowest BCUT2D eigenvalue weighted by atomic mass is 10.0. The van der Waals surface area contributed by atoms with Crippen molar-refractivity contribution in [1.29, 1.82) is 0 Å². The van der Waals surface area contributed by atoms with Gasteiger partial charge in [-0.2, -0.15) is 0 Å². The van der Waals surface area contributed by atoms with Crippen molar-refractivity contribution in [2.75, 3.05) is 14.2 Å². The normalized spacial score (nSPS) is 21.1. The summed E-state index contributed by atoms with van der Waals surface area (Å²) < 4.78 is 21.0. The van der Waals surface area contributed by atoms with Gasteiger partial charge in [0.15, 0.2) is 0 Å². The first kappa shape index (κ1) is 12.7. The SMILES string of the molecule is COc1ccc2cc3c(cc2c1)OC(C)(OC)OC3=O. The number of hydrogen-bond donors (Lipinski definition) is 0. The van der Waals surface area contributed by atoms with E-state index in [9.17, 15) is 4.79 Å². The molecule has 0 N–H and O–H groups in total. The molecule has 2 aromatic rings. The van der Waals surface area contributed by atoms with Crippen LogP contribution in [0.2, 0.25) is 0 Å². The number of carbonyl (C=O) groups excluding carboxylic acids is 1. The first-order valence-corrected chi connectivity index (χ1v) is 6.14. The van der Waals surface area contributed by atoms with Crippen molar-refractivity contribution >= 4 is 16.7 Å². The Balaban J connectivity index is 2.16. The molecule has 1 heterocycles. The van der Waals surface area contributed by atoms with Crippen molar-refractivity contribution in [2.45, 2.75) is 12.9 Å². The fraction of sp³-hybridized carbons (Fsp3) is 0.267. The molecule has 0 aliphatic carbocycles. The average molecular weight is 274 g/mol. The zero-order valence-corrected chi connectivity index (χ0v) is 11.4. The van der Waals surface area contributed by atoms with E-state index in [1.165, 1.54) is 7.11 Å². The second-order valence-corrected chi connectivity index (χ2v) is 4.62. The van der Waals surface area contributed by atoms with E-state index in [2.05, 4.69) is 0 Å². The highest BCUT2D eigenvalue weighted by Gasteiger charge is 2.38. The van der Waals surface area contributed by atoms with Crippen molar-refractivity contribution in [3.05, 3.63) is 35.9 Å². The second-order valence-electron chi connectivity index (χ2n) is 4.62. The highest BCUT2D eigenvalue weighted by molar-refractivity contribution is 5.99. The molecule has 20 heavy (non-hydrogen) atoms. The maximum atomic E-state index is 12.0. The van der Waals surface area contributed by atoms with Crippen molar-refractivity contribution in [2.24, 2.45) is 0 Å². The Labute approximate surface area is 116 Å². The molecule has 0 bridgehead atoms. The molecule has 2 aromatic carbocycles. The van der Waals surface area contributed by atoms with E-state index in [1.54, 1.807) is 26.2 Å². The molecule has 104 valence electrons. The minimum absolute atomic E-state index is 0.386. The number of cyclic esters (lactones) is 1. The smallest absolute Gasteiger partial charge is 0.370 e. The Bertz CT molecular complexity index is 694. The van der Waals surface area contributed by atoms with Crippen molar-refractivity contribution in [3.8, 4) is 11.5 Å². The third-order valence-electron chi connectivity index (χ3n) is 3.31. The number of hydrogen-bond acceptors (Lipinski definition) is 5. The lowest BCUT2D eigenvalue weighted by Crippen LogP contribution is -2.43. The van der Waals surface area contributed by atoms with Gasteiger partial charge in [-0.1, -0.05) is 6.07 Å². The minimum atomic E-state index is -1.39. The third kappa shape index (κ3) is 1.96. The minimum Gasteiger partial charge on any atom is -0.497 e. The van der Waals surface area contributed by atoms with Gasteiger partial charge in [0.25, 0.3) is 0 Å². The number of fused-ring (bicyclic) bond motifs is 2. The van der Waals surface area contributed by atoms with Crippen LogP contribution in [0.5, 0.6) is 11.5 Å². The molecule has 1 unspecified atom stereocenters. The average Bonchev–Trinajstić information content (AvgIpc) is 2.45. The van der Waals surface area contributed by atoms with Crippen molar-refractivity contribution in [3.63, 3.8) is 0 Å². The van der Waals surface area contributed by atoms with E-state index in [0.717, 1.165) is 16.5 Å². The second kappa shape index (κ2) is 4.38. The standard InChI is InChI=1S/C15H14O5/c1-15(18-3)19-13-8-10-6-11(17-2)5-4-9(10)7-12(13)14(16)20-15/h4-8H,1-3H3. The molecule has 0 saturated carbocycles. The Morgan fingerprint density at radius 1 is 1.05 bits per heavy atom. The number of ether oxygens (including phenoxy) is 4.